The molecular formula is C13H14ClN3S. The van der Waals surface area contributed by atoms with Gasteiger partial charge in [-0.3, -0.25) is 4.98 Å². The third-order valence-corrected chi connectivity index (χ3v) is 4.40. The number of pyridine rings is 2. The zero-order valence-electron chi connectivity index (χ0n) is 9.95. The number of nitrogens with two attached hydrogens (primary N) is 1. The van der Waals surface area contributed by atoms with Gasteiger partial charge in [-0.1, -0.05) is 23.4 Å². The second-order valence-corrected chi connectivity index (χ2v) is 5.51. The first-order valence-electron chi connectivity index (χ1n) is 5.61. The van der Waals surface area contributed by atoms with E-state index in [1.807, 2.05) is 31.2 Å². The largest absolute Gasteiger partial charge is 0.327 e. The number of rotatable bonds is 4. The summed E-state index contributed by atoms with van der Waals surface area (Å²) in [6.07, 6.45) is 5.27. The molecule has 2 N–H and O–H groups in total. The van der Waals surface area contributed by atoms with E-state index in [1.165, 1.54) is 0 Å². The molecule has 5 heteroatoms. The van der Waals surface area contributed by atoms with Gasteiger partial charge in [-0.2, -0.15) is 0 Å². The Morgan fingerprint density at radius 1 is 1.22 bits per heavy atom. The fourth-order valence-electron chi connectivity index (χ4n) is 1.61. The van der Waals surface area contributed by atoms with Crippen molar-refractivity contribution in [1.82, 2.24) is 9.97 Å². The summed E-state index contributed by atoms with van der Waals surface area (Å²) in [6.45, 7) is 1.98. The van der Waals surface area contributed by atoms with Crippen LogP contribution in [0.5, 0.6) is 0 Å². The smallest absolute Gasteiger partial charge is 0.115 e. The minimum Gasteiger partial charge on any atom is -0.327 e. The molecule has 2 aromatic heterocycles. The van der Waals surface area contributed by atoms with Crippen LogP contribution in [0.1, 0.15) is 17.7 Å². The molecular weight excluding hydrogens is 266 g/mol. The Bertz CT molecular complexity index is 505. The van der Waals surface area contributed by atoms with Crippen molar-refractivity contribution in [3.8, 4) is 0 Å². The van der Waals surface area contributed by atoms with Crippen LogP contribution >= 0.6 is 23.4 Å². The van der Waals surface area contributed by atoms with Crippen molar-refractivity contribution in [3.05, 3.63) is 53.4 Å². The van der Waals surface area contributed by atoms with Crippen LogP contribution in [-0.2, 0) is 0 Å². The fraction of sp³-hybridized carbons (Fsp3) is 0.231. The summed E-state index contributed by atoms with van der Waals surface area (Å²) >= 11 is 7.70. The number of nitrogens with zero attached hydrogens (tertiary/aromatic N) is 2. The monoisotopic (exact) mass is 279 g/mol. The van der Waals surface area contributed by atoms with E-state index in [1.54, 1.807) is 30.4 Å². The summed E-state index contributed by atoms with van der Waals surface area (Å²) in [7, 11) is 0. The normalized spacial score (nSPS) is 14.2. The summed E-state index contributed by atoms with van der Waals surface area (Å²) in [5, 5.41) is 1.57. The molecule has 0 bridgehead atoms. The minimum absolute atomic E-state index is 0.00419. The Kier molecular flexibility index (Phi) is 4.58. The summed E-state index contributed by atoms with van der Waals surface area (Å²) in [5.74, 6) is 0. The highest BCUT2D eigenvalue weighted by Gasteiger charge is 2.19. The van der Waals surface area contributed by atoms with Gasteiger partial charge in [-0.25, -0.2) is 4.98 Å². The van der Waals surface area contributed by atoms with Crippen molar-refractivity contribution in [2.75, 3.05) is 0 Å². The number of halogens is 1. The molecule has 0 fully saturated rings. The Balaban J connectivity index is 2.26. The number of hydrogen-bond acceptors (Lipinski definition) is 4. The van der Waals surface area contributed by atoms with Gasteiger partial charge in [0.25, 0.3) is 0 Å². The lowest BCUT2D eigenvalue weighted by molar-refractivity contribution is 0.719. The van der Waals surface area contributed by atoms with Crippen LogP contribution in [0, 0.1) is 0 Å². The van der Waals surface area contributed by atoms with Gasteiger partial charge in [0.1, 0.15) is 5.03 Å². The molecule has 0 aromatic carbocycles. The van der Waals surface area contributed by atoms with E-state index < -0.39 is 0 Å². The molecule has 0 saturated carbocycles. The highest BCUT2D eigenvalue weighted by Crippen LogP contribution is 2.38. The maximum absolute atomic E-state index is 6.12. The quantitative estimate of drug-likeness (QED) is 0.873. The van der Waals surface area contributed by atoms with Crippen molar-refractivity contribution in [2.45, 2.75) is 23.2 Å². The minimum atomic E-state index is -0.00419. The molecule has 2 aromatic rings. The Morgan fingerprint density at radius 3 is 2.56 bits per heavy atom. The van der Waals surface area contributed by atoms with Crippen LogP contribution in [0.25, 0.3) is 0 Å². The maximum Gasteiger partial charge on any atom is 0.115 e. The first-order chi connectivity index (χ1) is 8.68. The van der Waals surface area contributed by atoms with Gasteiger partial charge in [0, 0.05) is 24.6 Å². The van der Waals surface area contributed by atoms with Crippen LogP contribution in [0.2, 0.25) is 5.02 Å². The van der Waals surface area contributed by atoms with E-state index in [0.717, 1.165) is 10.6 Å². The van der Waals surface area contributed by atoms with Crippen molar-refractivity contribution in [3.63, 3.8) is 0 Å². The summed E-state index contributed by atoms with van der Waals surface area (Å²) < 4.78 is 0. The van der Waals surface area contributed by atoms with Gasteiger partial charge in [0.2, 0.25) is 0 Å². The van der Waals surface area contributed by atoms with E-state index in [2.05, 4.69) is 9.97 Å². The average molecular weight is 280 g/mol. The van der Waals surface area contributed by atoms with Gasteiger partial charge < -0.3 is 5.73 Å². The first-order valence-corrected chi connectivity index (χ1v) is 6.87. The molecule has 94 valence electrons. The first kappa shape index (κ1) is 13.3. The number of thioether (sulfide) groups is 1. The molecule has 3 nitrogen and oxygen atoms in total. The van der Waals surface area contributed by atoms with Crippen LogP contribution in [0.15, 0.2) is 47.9 Å². The summed E-state index contributed by atoms with van der Waals surface area (Å²) in [5.41, 5.74) is 7.19. The second-order valence-electron chi connectivity index (χ2n) is 3.97. The van der Waals surface area contributed by atoms with Crippen LogP contribution in [0.4, 0.5) is 0 Å². The number of aromatic nitrogens is 2. The maximum atomic E-state index is 6.12. The second kappa shape index (κ2) is 6.18. The zero-order chi connectivity index (χ0) is 13.0. The van der Waals surface area contributed by atoms with Crippen molar-refractivity contribution < 1.29 is 0 Å². The van der Waals surface area contributed by atoms with Crippen LogP contribution < -0.4 is 5.73 Å². The number of hydrogen-bond donors (Lipinski definition) is 1. The molecule has 0 spiro atoms. The lowest BCUT2D eigenvalue weighted by atomic mass is 10.1. The third-order valence-electron chi connectivity index (χ3n) is 2.48. The summed E-state index contributed by atoms with van der Waals surface area (Å²) in [6, 6.07) is 7.59. The molecule has 2 atom stereocenters. The van der Waals surface area contributed by atoms with Crippen LogP contribution in [-0.4, -0.2) is 16.0 Å². The Morgan fingerprint density at radius 2 is 1.94 bits per heavy atom. The molecule has 0 aliphatic carbocycles. The SMILES string of the molecule is CC(N)C(Sc1ncccc1Cl)c1ccncc1. The van der Waals surface area contributed by atoms with Crippen molar-refractivity contribution >= 4 is 23.4 Å². The fourth-order valence-corrected chi connectivity index (χ4v) is 2.92. The van der Waals surface area contributed by atoms with Gasteiger partial charge in [-0.15, -0.1) is 0 Å². The highest BCUT2D eigenvalue weighted by atomic mass is 35.5. The lowest BCUT2D eigenvalue weighted by Gasteiger charge is -2.20. The molecule has 0 radical (unpaired) electrons. The van der Waals surface area contributed by atoms with Crippen molar-refractivity contribution in [2.24, 2.45) is 5.73 Å². The predicted octanol–water partition coefficient (Wildman–Crippen LogP) is 3.31. The van der Waals surface area contributed by atoms with Gasteiger partial charge in [0.05, 0.1) is 10.3 Å². The average Bonchev–Trinajstić information content (AvgIpc) is 2.38. The van der Waals surface area contributed by atoms with Crippen molar-refractivity contribution in [1.29, 1.82) is 0 Å². The molecule has 18 heavy (non-hydrogen) atoms. The Labute approximate surface area is 116 Å². The molecule has 2 rings (SSSR count). The van der Waals surface area contributed by atoms with E-state index in [0.29, 0.717) is 5.02 Å². The standard InChI is InChI=1S/C13H14ClN3S/c1-9(15)12(10-4-7-16-8-5-10)18-13-11(14)3-2-6-17-13/h2-9,12H,15H2,1H3. The molecule has 0 aliphatic rings. The predicted molar refractivity (Wildman–Crippen MR) is 75.7 cm³/mol. The molecule has 2 heterocycles. The molecule has 0 amide bonds. The van der Waals surface area contributed by atoms with E-state index in [-0.39, 0.29) is 11.3 Å². The molecule has 2 unspecified atom stereocenters. The summed E-state index contributed by atoms with van der Waals surface area (Å²) in [4.78, 5) is 8.31. The Hall–Kier alpha value is -1.10. The molecule has 0 saturated heterocycles. The highest BCUT2D eigenvalue weighted by molar-refractivity contribution is 7.99. The third kappa shape index (κ3) is 3.22. The van der Waals surface area contributed by atoms with E-state index in [4.69, 9.17) is 17.3 Å². The van der Waals surface area contributed by atoms with Gasteiger partial charge in [0.15, 0.2) is 0 Å². The van der Waals surface area contributed by atoms with E-state index in [9.17, 15) is 0 Å². The topological polar surface area (TPSA) is 51.8 Å². The van der Waals surface area contributed by atoms with Crippen LogP contribution in [0.3, 0.4) is 0 Å². The molecule has 0 aliphatic heterocycles. The van der Waals surface area contributed by atoms with E-state index >= 15 is 0 Å². The zero-order valence-corrected chi connectivity index (χ0v) is 11.5. The van der Waals surface area contributed by atoms with Gasteiger partial charge in [-0.05, 0) is 36.8 Å². The lowest BCUT2D eigenvalue weighted by Crippen LogP contribution is -2.22. The van der Waals surface area contributed by atoms with Gasteiger partial charge >= 0.3 is 0 Å².